The first kappa shape index (κ1) is 15.2. The Bertz CT molecular complexity index is 606. The number of aromatic nitrogens is 4. The molecule has 0 bridgehead atoms. The lowest BCUT2D eigenvalue weighted by Gasteiger charge is -2.09. The normalized spacial score (nSPS) is 10.9. The monoisotopic (exact) mass is 287 g/mol. The van der Waals surface area contributed by atoms with Gasteiger partial charge in [-0.05, 0) is 42.8 Å². The highest BCUT2D eigenvalue weighted by molar-refractivity contribution is 5.95. The lowest BCUT2D eigenvalue weighted by molar-refractivity contribution is 0.0953. The average molecular weight is 287 g/mol. The summed E-state index contributed by atoms with van der Waals surface area (Å²) in [6.45, 7) is 6.82. The zero-order valence-electron chi connectivity index (χ0n) is 12.7. The first-order valence-electron chi connectivity index (χ1n) is 7.30. The van der Waals surface area contributed by atoms with Crippen LogP contribution in [-0.2, 0) is 0 Å². The third kappa shape index (κ3) is 3.65. The van der Waals surface area contributed by atoms with Crippen LogP contribution in [0, 0.1) is 0 Å². The van der Waals surface area contributed by atoms with Crippen LogP contribution >= 0.6 is 0 Å². The predicted molar refractivity (Wildman–Crippen MR) is 80.9 cm³/mol. The Balaban J connectivity index is 2.21. The third-order valence-corrected chi connectivity index (χ3v) is 3.18. The lowest BCUT2D eigenvalue weighted by atomic mass is 10.1. The summed E-state index contributed by atoms with van der Waals surface area (Å²) in [5.41, 5.74) is 1.47. The van der Waals surface area contributed by atoms with E-state index in [1.165, 1.54) is 0 Å². The molecule has 0 atom stereocenters. The van der Waals surface area contributed by atoms with E-state index in [-0.39, 0.29) is 11.9 Å². The summed E-state index contributed by atoms with van der Waals surface area (Å²) in [7, 11) is 0. The topological polar surface area (TPSA) is 72.7 Å². The van der Waals surface area contributed by atoms with E-state index in [0.29, 0.717) is 17.9 Å². The standard InChI is InChI=1S/C15H21N5O/c1-4-5-9-16-15(21)13-8-6-7-12(10-13)14-17-18-19-20(14)11(2)3/h6-8,10-11H,4-5,9H2,1-3H3,(H,16,21). The zero-order valence-corrected chi connectivity index (χ0v) is 12.7. The Kier molecular flexibility index (Phi) is 5.03. The van der Waals surface area contributed by atoms with Gasteiger partial charge < -0.3 is 5.32 Å². The lowest BCUT2D eigenvalue weighted by Crippen LogP contribution is -2.24. The highest BCUT2D eigenvalue weighted by Crippen LogP contribution is 2.20. The van der Waals surface area contributed by atoms with Crippen LogP contribution in [0.3, 0.4) is 0 Å². The molecule has 0 aliphatic carbocycles. The maximum absolute atomic E-state index is 12.1. The van der Waals surface area contributed by atoms with Gasteiger partial charge in [-0.3, -0.25) is 4.79 Å². The van der Waals surface area contributed by atoms with E-state index in [9.17, 15) is 4.79 Å². The van der Waals surface area contributed by atoms with Gasteiger partial charge in [0.1, 0.15) is 0 Å². The minimum atomic E-state index is -0.0612. The second kappa shape index (κ2) is 6.97. The van der Waals surface area contributed by atoms with E-state index in [1.54, 1.807) is 10.7 Å². The second-order valence-corrected chi connectivity index (χ2v) is 5.23. The molecule has 0 unspecified atom stereocenters. The Labute approximate surface area is 124 Å². The van der Waals surface area contributed by atoms with Gasteiger partial charge in [0.2, 0.25) is 0 Å². The van der Waals surface area contributed by atoms with Gasteiger partial charge in [-0.1, -0.05) is 25.5 Å². The van der Waals surface area contributed by atoms with Gasteiger partial charge in [0.15, 0.2) is 5.82 Å². The Morgan fingerprint density at radius 3 is 2.90 bits per heavy atom. The van der Waals surface area contributed by atoms with Crippen LogP contribution in [0.15, 0.2) is 24.3 Å². The molecule has 2 aromatic rings. The molecule has 1 heterocycles. The fraction of sp³-hybridized carbons (Fsp3) is 0.467. The molecule has 0 aliphatic heterocycles. The summed E-state index contributed by atoms with van der Waals surface area (Å²) in [5, 5.41) is 14.7. The van der Waals surface area contributed by atoms with E-state index in [0.717, 1.165) is 18.4 Å². The van der Waals surface area contributed by atoms with Gasteiger partial charge in [-0.15, -0.1) is 5.10 Å². The minimum absolute atomic E-state index is 0.0612. The van der Waals surface area contributed by atoms with Crippen molar-refractivity contribution in [2.45, 2.75) is 39.7 Å². The first-order chi connectivity index (χ1) is 10.1. The third-order valence-electron chi connectivity index (χ3n) is 3.18. The molecule has 1 N–H and O–H groups in total. The molecule has 1 aromatic heterocycles. The van der Waals surface area contributed by atoms with Crippen molar-refractivity contribution in [3.8, 4) is 11.4 Å². The zero-order chi connectivity index (χ0) is 15.2. The molecule has 1 aromatic carbocycles. The first-order valence-corrected chi connectivity index (χ1v) is 7.30. The number of amides is 1. The highest BCUT2D eigenvalue weighted by atomic mass is 16.1. The number of benzene rings is 1. The van der Waals surface area contributed by atoms with Crippen LogP contribution in [0.2, 0.25) is 0 Å². The molecule has 0 aliphatic rings. The number of carbonyl (C=O) groups excluding carboxylic acids is 1. The molecule has 112 valence electrons. The number of carbonyl (C=O) groups is 1. The van der Waals surface area contributed by atoms with Crippen LogP contribution in [-0.4, -0.2) is 32.7 Å². The molecule has 0 spiro atoms. The highest BCUT2D eigenvalue weighted by Gasteiger charge is 2.13. The van der Waals surface area contributed by atoms with E-state index in [2.05, 4.69) is 27.8 Å². The number of hydrogen-bond donors (Lipinski definition) is 1. The van der Waals surface area contributed by atoms with Crippen molar-refractivity contribution in [2.24, 2.45) is 0 Å². The summed E-state index contributed by atoms with van der Waals surface area (Å²) < 4.78 is 1.74. The molecular formula is C15H21N5O. The van der Waals surface area contributed by atoms with E-state index < -0.39 is 0 Å². The number of tetrazole rings is 1. The van der Waals surface area contributed by atoms with Gasteiger partial charge in [-0.2, -0.15) is 0 Å². The van der Waals surface area contributed by atoms with Crippen molar-refractivity contribution >= 4 is 5.91 Å². The summed E-state index contributed by atoms with van der Waals surface area (Å²) in [6.07, 6.45) is 2.04. The van der Waals surface area contributed by atoms with Gasteiger partial charge in [-0.25, -0.2) is 4.68 Å². The van der Waals surface area contributed by atoms with Crippen molar-refractivity contribution in [1.82, 2.24) is 25.5 Å². The number of nitrogens with one attached hydrogen (secondary N) is 1. The van der Waals surface area contributed by atoms with E-state index in [1.807, 2.05) is 32.0 Å². The minimum Gasteiger partial charge on any atom is -0.352 e. The molecular weight excluding hydrogens is 266 g/mol. The van der Waals surface area contributed by atoms with Gasteiger partial charge in [0.05, 0.1) is 6.04 Å². The predicted octanol–water partition coefficient (Wildman–Crippen LogP) is 2.45. The fourth-order valence-electron chi connectivity index (χ4n) is 2.01. The molecule has 0 fully saturated rings. The largest absolute Gasteiger partial charge is 0.352 e. The fourth-order valence-corrected chi connectivity index (χ4v) is 2.01. The van der Waals surface area contributed by atoms with Crippen LogP contribution < -0.4 is 5.32 Å². The maximum atomic E-state index is 12.1. The second-order valence-electron chi connectivity index (χ2n) is 5.23. The van der Waals surface area contributed by atoms with Gasteiger partial charge in [0.25, 0.3) is 5.91 Å². The maximum Gasteiger partial charge on any atom is 0.251 e. The Morgan fingerprint density at radius 1 is 1.38 bits per heavy atom. The summed E-state index contributed by atoms with van der Waals surface area (Å²) in [4.78, 5) is 12.1. The van der Waals surface area contributed by atoms with Gasteiger partial charge in [0, 0.05) is 17.7 Å². The average Bonchev–Trinajstić information content (AvgIpc) is 2.97. The molecule has 1 amide bonds. The Hall–Kier alpha value is -2.24. The van der Waals surface area contributed by atoms with Crippen molar-refractivity contribution in [3.63, 3.8) is 0 Å². The Morgan fingerprint density at radius 2 is 2.19 bits per heavy atom. The van der Waals surface area contributed by atoms with Crippen LogP contribution in [0.25, 0.3) is 11.4 Å². The SMILES string of the molecule is CCCCNC(=O)c1cccc(-c2nnnn2C(C)C)c1. The molecule has 0 saturated carbocycles. The molecule has 0 saturated heterocycles. The van der Waals surface area contributed by atoms with Crippen LogP contribution in [0.5, 0.6) is 0 Å². The van der Waals surface area contributed by atoms with E-state index >= 15 is 0 Å². The number of rotatable bonds is 6. The van der Waals surface area contributed by atoms with Crippen molar-refractivity contribution in [3.05, 3.63) is 29.8 Å². The van der Waals surface area contributed by atoms with Crippen molar-refractivity contribution in [1.29, 1.82) is 0 Å². The number of unbranched alkanes of at least 4 members (excludes halogenated alkanes) is 1. The molecule has 0 radical (unpaired) electrons. The van der Waals surface area contributed by atoms with Crippen LogP contribution in [0.4, 0.5) is 0 Å². The van der Waals surface area contributed by atoms with E-state index in [4.69, 9.17) is 0 Å². The molecule has 6 nitrogen and oxygen atoms in total. The quantitative estimate of drug-likeness (QED) is 0.828. The summed E-state index contributed by atoms with van der Waals surface area (Å²) in [5.74, 6) is 0.613. The summed E-state index contributed by atoms with van der Waals surface area (Å²) in [6, 6.07) is 7.55. The van der Waals surface area contributed by atoms with Gasteiger partial charge >= 0.3 is 0 Å². The molecule has 2 rings (SSSR count). The number of hydrogen-bond acceptors (Lipinski definition) is 4. The van der Waals surface area contributed by atoms with Crippen molar-refractivity contribution < 1.29 is 4.79 Å². The molecule has 21 heavy (non-hydrogen) atoms. The number of nitrogens with zero attached hydrogens (tertiary/aromatic N) is 4. The smallest absolute Gasteiger partial charge is 0.251 e. The van der Waals surface area contributed by atoms with Crippen molar-refractivity contribution in [2.75, 3.05) is 6.54 Å². The molecule has 6 heteroatoms. The summed E-state index contributed by atoms with van der Waals surface area (Å²) >= 11 is 0. The van der Waals surface area contributed by atoms with Crippen LogP contribution in [0.1, 0.15) is 50.0 Å².